The third-order valence-electron chi connectivity index (χ3n) is 4.75. The lowest BCUT2D eigenvalue weighted by Gasteiger charge is -2.34. The van der Waals surface area contributed by atoms with Crippen molar-refractivity contribution in [3.05, 3.63) is 46.4 Å². The molecule has 1 fully saturated rings. The SMILES string of the molecule is COc1ccc(Cl)c2sc(N3CCN(C(=O)COc4ccc(Cl)cc4)CC3)nc12. The molecule has 1 amide bonds. The standard InChI is InChI=1S/C20H19Cl2N3O3S/c1-27-16-7-6-15(22)19-18(16)23-20(29-19)25-10-8-24(9-11-25)17(26)12-28-14-4-2-13(21)3-5-14/h2-7H,8-12H2,1H3. The van der Waals surface area contributed by atoms with Crippen molar-refractivity contribution >= 4 is 55.8 Å². The van der Waals surface area contributed by atoms with Gasteiger partial charge in [-0.05, 0) is 36.4 Å². The number of aromatic nitrogens is 1. The Hall–Kier alpha value is -2.22. The van der Waals surface area contributed by atoms with Gasteiger partial charge in [-0.2, -0.15) is 0 Å². The lowest BCUT2D eigenvalue weighted by atomic mass is 10.3. The van der Waals surface area contributed by atoms with Crippen molar-refractivity contribution in [1.29, 1.82) is 0 Å². The number of carbonyl (C=O) groups excluding carboxylic acids is 1. The van der Waals surface area contributed by atoms with E-state index in [0.29, 0.717) is 47.7 Å². The van der Waals surface area contributed by atoms with Gasteiger partial charge in [0.25, 0.3) is 5.91 Å². The van der Waals surface area contributed by atoms with E-state index in [2.05, 4.69) is 4.90 Å². The molecule has 0 atom stereocenters. The molecule has 0 bridgehead atoms. The molecule has 1 aliphatic heterocycles. The number of thiazole rings is 1. The number of carbonyl (C=O) groups is 1. The van der Waals surface area contributed by atoms with Crippen LogP contribution in [-0.2, 0) is 4.79 Å². The second kappa shape index (κ2) is 8.65. The lowest BCUT2D eigenvalue weighted by molar-refractivity contribution is -0.133. The van der Waals surface area contributed by atoms with Crippen molar-refractivity contribution in [1.82, 2.24) is 9.88 Å². The van der Waals surface area contributed by atoms with Gasteiger partial charge in [0, 0.05) is 31.2 Å². The Kier molecular flexibility index (Phi) is 5.99. The third-order valence-corrected chi connectivity index (χ3v) is 6.57. The summed E-state index contributed by atoms with van der Waals surface area (Å²) >= 11 is 13.7. The van der Waals surface area contributed by atoms with Crippen LogP contribution in [0.15, 0.2) is 36.4 Å². The first kappa shape index (κ1) is 20.1. The monoisotopic (exact) mass is 451 g/mol. The van der Waals surface area contributed by atoms with Crippen molar-refractivity contribution in [2.75, 3.05) is 44.8 Å². The van der Waals surface area contributed by atoms with Crippen molar-refractivity contribution in [3.63, 3.8) is 0 Å². The van der Waals surface area contributed by atoms with Crippen LogP contribution in [0.5, 0.6) is 11.5 Å². The van der Waals surface area contributed by atoms with E-state index in [-0.39, 0.29) is 12.5 Å². The van der Waals surface area contributed by atoms with Crippen molar-refractivity contribution in [3.8, 4) is 11.5 Å². The fourth-order valence-corrected chi connectivity index (χ4v) is 4.59. The predicted molar refractivity (Wildman–Crippen MR) is 117 cm³/mol. The van der Waals surface area contributed by atoms with Crippen LogP contribution >= 0.6 is 34.5 Å². The van der Waals surface area contributed by atoms with E-state index >= 15 is 0 Å². The Morgan fingerprint density at radius 2 is 1.83 bits per heavy atom. The zero-order valence-electron chi connectivity index (χ0n) is 15.7. The van der Waals surface area contributed by atoms with Crippen LogP contribution in [0.1, 0.15) is 0 Å². The maximum absolute atomic E-state index is 12.5. The van der Waals surface area contributed by atoms with Crippen molar-refractivity contribution in [2.45, 2.75) is 0 Å². The normalized spacial score (nSPS) is 14.3. The fourth-order valence-electron chi connectivity index (χ4n) is 3.16. The van der Waals surface area contributed by atoms with Gasteiger partial charge in [0.05, 0.1) is 16.8 Å². The van der Waals surface area contributed by atoms with Gasteiger partial charge in [0.1, 0.15) is 17.0 Å². The smallest absolute Gasteiger partial charge is 0.260 e. The molecular formula is C20H19Cl2N3O3S. The molecule has 0 radical (unpaired) electrons. The highest BCUT2D eigenvalue weighted by molar-refractivity contribution is 7.22. The van der Waals surface area contributed by atoms with Crippen LogP contribution < -0.4 is 14.4 Å². The Morgan fingerprint density at radius 3 is 2.52 bits per heavy atom. The van der Waals surface area contributed by atoms with Crippen molar-refractivity contribution < 1.29 is 14.3 Å². The summed E-state index contributed by atoms with van der Waals surface area (Å²) < 4.78 is 11.9. The summed E-state index contributed by atoms with van der Waals surface area (Å²) in [6, 6.07) is 10.6. The number of methoxy groups -OCH3 is 1. The number of nitrogens with zero attached hydrogens (tertiary/aromatic N) is 3. The zero-order chi connectivity index (χ0) is 20.4. The van der Waals surface area contributed by atoms with E-state index < -0.39 is 0 Å². The number of hydrogen-bond donors (Lipinski definition) is 0. The van der Waals surface area contributed by atoms with Gasteiger partial charge in [-0.3, -0.25) is 4.79 Å². The van der Waals surface area contributed by atoms with Crippen LogP contribution in [0.2, 0.25) is 10.0 Å². The minimum Gasteiger partial charge on any atom is -0.494 e. The van der Waals surface area contributed by atoms with Crippen LogP contribution in [0, 0.1) is 0 Å². The molecular weight excluding hydrogens is 433 g/mol. The minimum absolute atomic E-state index is 0.00950. The van der Waals surface area contributed by atoms with Gasteiger partial charge in [-0.15, -0.1) is 0 Å². The number of piperazine rings is 1. The second-order valence-corrected chi connectivity index (χ2v) is 8.36. The van der Waals surface area contributed by atoms with E-state index in [9.17, 15) is 4.79 Å². The molecule has 1 aliphatic rings. The zero-order valence-corrected chi connectivity index (χ0v) is 18.1. The van der Waals surface area contributed by atoms with Gasteiger partial charge < -0.3 is 19.3 Å². The number of ether oxygens (including phenoxy) is 2. The molecule has 0 spiro atoms. The van der Waals surface area contributed by atoms with E-state index in [4.69, 9.17) is 37.7 Å². The molecule has 3 aromatic rings. The van der Waals surface area contributed by atoms with E-state index in [0.717, 1.165) is 15.3 Å². The quantitative estimate of drug-likeness (QED) is 0.577. The Labute approximate surface area is 182 Å². The number of hydrogen-bond acceptors (Lipinski definition) is 6. The Morgan fingerprint density at radius 1 is 1.10 bits per heavy atom. The van der Waals surface area contributed by atoms with Crippen LogP contribution in [0.4, 0.5) is 5.13 Å². The van der Waals surface area contributed by atoms with Gasteiger partial charge in [0.2, 0.25) is 0 Å². The summed E-state index contributed by atoms with van der Waals surface area (Å²) in [6.45, 7) is 2.64. The minimum atomic E-state index is -0.0337. The molecule has 6 nitrogen and oxygen atoms in total. The first-order valence-electron chi connectivity index (χ1n) is 9.09. The molecule has 0 saturated carbocycles. The third kappa shape index (κ3) is 4.37. The first-order valence-corrected chi connectivity index (χ1v) is 10.7. The summed E-state index contributed by atoms with van der Waals surface area (Å²) in [4.78, 5) is 21.2. The maximum Gasteiger partial charge on any atom is 0.260 e. The molecule has 29 heavy (non-hydrogen) atoms. The van der Waals surface area contributed by atoms with Gasteiger partial charge >= 0.3 is 0 Å². The molecule has 0 N–H and O–H groups in total. The maximum atomic E-state index is 12.5. The number of halogens is 2. The highest BCUT2D eigenvalue weighted by atomic mass is 35.5. The highest BCUT2D eigenvalue weighted by Crippen LogP contribution is 2.38. The average molecular weight is 452 g/mol. The van der Waals surface area contributed by atoms with Crippen LogP contribution in [-0.4, -0.2) is 55.7 Å². The van der Waals surface area contributed by atoms with Gasteiger partial charge in [-0.1, -0.05) is 34.5 Å². The topological polar surface area (TPSA) is 54.9 Å². The molecule has 2 aromatic carbocycles. The molecule has 152 valence electrons. The van der Waals surface area contributed by atoms with E-state index in [1.165, 1.54) is 0 Å². The molecule has 1 saturated heterocycles. The molecule has 0 unspecified atom stereocenters. The highest BCUT2D eigenvalue weighted by Gasteiger charge is 2.24. The Balaban J connectivity index is 1.36. The summed E-state index contributed by atoms with van der Waals surface area (Å²) in [7, 11) is 1.62. The average Bonchev–Trinajstić information content (AvgIpc) is 3.20. The molecule has 0 aliphatic carbocycles. The molecule has 4 rings (SSSR count). The summed E-state index contributed by atoms with van der Waals surface area (Å²) in [5.41, 5.74) is 0.773. The largest absolute Gasteiger partial charge is 0.494 e. The number of rotatable bonds is 5. The first-order chi connectivity index (χ1) is 14.0. The predicted octanol–water partition coefficient (Wildman–Crippen LogP) is 4.34. The van der Waals surface area contributed by atoms with E-state index in [1.54, 1.807) is 42.7 Å². The van der Waals surface area contributed by atoms with Crippen molar-refractivity contribution in [2.24, 2.45) is 0 Å². The second-order valence-electron chi connectivity index (χ2n) is 6.53. The lowest BCUT2D eigenvalue weighted by Crippen LogP contribution is -2.50. The fraction of sp³-hybridized carbons (Fsp3) is 0.300. The molecule has 2 heterocycles. The van der Waals surface area contributed by atoms with Gasteiger partial charge in [0.15, 0.2) is 11.7 Å². The number of anilines is 1. The Bertz CT molecular complexity index is 1020. The number of benzene rings is 2. The number of amides is 1. The molecule has 9 heteroatoms. The van der Waals surface area contributed by atoms with Gasteiger partial charge in [-0.25, -0.2) is 4.98 Å². The summed E-state index contributed by atoms with van der Waals surface area (Å²) in [6.07, 6.45) is 0. The van der Waals surface area contributed by atoms with E-state index in [1.807, 2.05) is 17.0 Å². The number of fused-ring (bicyclic) bond motifs is 1. The summed E-state index contributed by atoms with van der Waals surface area (Å²) in [5.74, 6) is 1.30. The molecule has 1 aromatic heterocycles. The summed E-state index contributed by atoms with van der Waals surface area (Å²) in [5, 5.41) is 2.18. The van der Waals surface area contributed by atoms with Crippen LogP contribution in [0.3, 0.4) is 0 Å². The van der Waals surface area contributed by atoms with Crippen LogP contribution in [0.25, 0.3) is 10.2 Å².